The number of nitrogens with one attached hydrogen (secondary N) is 1. The highest BCUT2D eigenvalue weighted by atomic mass is 32.2. The number of amides is 1. The van der Waals surface area contributed by atoms with Crippen molar-refractivity contribution in [1.29, 1.82) is 0 Å². The van der Waals surface area contributed by atoms with Gasteiger partial charge in [0.2, 0.25) is 0 Å². The Morgan fingerprint density at radius 2 is 2.05 bits per heavy atom. The van der Waals surface area contributed by atoms with Crippen LogP contribution in [0.15, 0.2) is 29.4 Å². The van der Waals surface area contributed by atoms with Crippen LogP contribution in [0.4, 0.5) is 10.5 Å². The van der Waals surface area contributed by atoms with Crippen LogP contribution in [0, 0.1) is 6.92 Å². The third-order valence-corrected chi connectivity index (χ3v) is 5.77. The molecule has 1 fully saturated rings. The Hall–Kier alpha value is -1.54. The summed E-state index contributed by atoms with van der Waals surface area (Å²) >= 11 is 1.38. The first-order valence-corrected chi connectivity index (χ1v) is 9.35. The fourth-order valence-electron chi connectivity index (χ4n) is 1.87. The second kappa shape index (κ2) is 6.48. The normalized spacial score (nSPS) is 22.2. The first kappa shape index (κ1) is 15.8. The highest BCUT2D eigenvalue weighted by Crippen LogP contribution is 2.20. The van der Waals surface area contributed by atoms with Gasteiger partial charge in [-0.25, -0.2) is 13.2 Å². The summed E-state index contributed by atoms with van der Waals surface area (Å²) in [5, 5.41) is 5.96. The van der Waals surface area contributed by atoms with E-state index in [2.05, 4.69) is 10.5 Å². The van der Waals surface area contributed by atoms with Crippen molar-refractivity contribution < 1.29 is 18.0 Å². The lowest BCUT2D eigenvalue weighted by Crippen LogP contribution is -2.17. The zero-order chi connectivity index (χ0) is 15.5. The molecule has 8 heteroatoms. The van der Waals surface area contributed by atoms with E-state index in [0.29, 0.717) is 11.4 Å². The number of aryl methyl sites for hydroxylation is 1. The summed E-state index contributed by atoms with van der Waals surface area (Å²) in [6.07, 6.45) is 1.06. The Morgan fingerprint density at radius 1 is 1.38 bits per heavy atom. The number of anilines is 1. The largest absolute Gasteiger partial charge is 0.437 e. The van der Waals surface area contributed by atoms with Gasteiger partial charge in [0, 0.05) is 5.69 Å². The minimum atomic E-state index is -3.13. The lowest BCUT2D eigenvalue weighted by Gasteiger charge is -2.06. The summed E-state index contributed by atoms with van der Waals surface area (Å²) in [6.45, 7) is 1.94. The number of oxime groups is 1. The molecule has 0 aliphatic carbocycles. The second-order valence-corrected chi connectivity index (χ2v) is 7.88. The summed E-state index contributed by atoms with van der Waals surface area (Å²) in [7, 11) is -3.13. The van der Waals surface area contributed by atoms with Crippen molar-refractivity contribution in [2.75, 3.05) is 23.1 Å². The molecule has 21 heavy (non-hydrogen) atoms. The minimum Gasteiger partial charge on any atom is -0.298 e. The molecule has 0 saturated carbocycles. The molecule has 2 rings (SSSR count). The van der Waals surface area contributed by atoms with Crippen LogP contribution in [0.5, 0.6) is 0 Å². The molecule has 1 aromatic rings. The summed E-state index contributed by atoms with van der Waals surface area (Å²) < 4.78 is 23.1. The monoisotopic (exact) mass is 328 g/mol. The van der Waals surface area contributed by atoms with E-state index >= 15 is 0 Å². The number of hydrogen-bond acceptors (Lipinski definition) is 6. The highest BCUT2D eigenvalue weighted by Gasteiger charge is 2.34. The highest BCUT2D eigenvalue weighted by molar-refractivity contribution is 8.02. The maximum absolute atomic E-state index is 11.6. The molecule has 1 aromatic carbocycles. The molecule has 1 heterocycles. The Balaban J connectivity index is 1.97. The van der Waals surface area contributed by atoms with Gasteiger partial charge in [0.1, 0.15) is 0 Å². The smallest absolute Gasteiger partial charge is 0.298 e. The van der Waals surface area contributed by atoms with E-state index in [9.17, 15) is 13.2 Å². The SMILES string of the molecule is CSC1CS(=O)(=O)C/C1=N\OC(=O)Nc1ccc(C)cc1. The maximum Gasteiger partial charge on any atom is 0.437 e. The number of carbonyl (C=O) groups is 1. The molecule has 1 unspecified atom stereocenters. The predicted molar refractivity (Wildman–Crippen MR) is 84.7 cm³/mol. The van der Waals surface area contributed by atoms with Gasteiger partial charge >= 0.3 is 6.09 Å². The summed E-state index contributed by atoms with van der Waals surface area (Å²) in [4.78, 5) is 16.4. The Bertz CT molecular complexity index is 653. The standard InChI is InChI=1S/C13H16N2O4S2/c1-9-3-5-10(6-4-9)14-13(16)19-15-11-7-21(17,18)8-12(11)20-2/h3-6,12H,7-8H2,1-2H3,(H,14,16)/b15-11+. The Kier molecular flexibility index (Phi) is 4.89. The van der Waals surface area contributed by atoms with Crippen LogP contribution in [0.2, 0.25) is 0 Å². The lowest BCUT2D eigenvalue weighted by atomic mass is 10.2. The van der Waals surface area contributed by atoms with E-state index in [1.54, 1.807) is 18.4 Å². The van der Waals surface area contributed by atoms with Gasteiger partial charge in [0.05, 0.1) is 22.5 Å². The molecular formula is C13H16N2O4S2. The number of nitrogens with zero attached hydrogens (tertiary/aromatic N) is 1. The van der Waals surface area contributed by atoms with Gasteiger partial charge in [0.25, 0.3) is 0 Å². The van der Waals surface area contributed by atoms with E-state index in [0.717, 1.165) is 5.56 Å². The molecule has 0 bridgehead atoms. The zero-order valence-corrected chi connectivity index (χ0v) is 13.3. The van der Waals surface area contributed by atoms with Gasteiger partial charge < -0.3 is 0 Å². The van der Waals surface area contributed by atoms with E-state index in [1.807, 2.05) is 19.1 Å². The molecule has 1 aliphatic heterocycles. The molecule has 0 aromatic heterocycles. The molecule has 1 saturated heterocycles. The molecule has 1 N–H and O–H groups in total. The van der Waals surface area contributed by atoms with E-state index in [4.69, 9.17) is 4.84 Å². The maximum atomic E-state index is 11.6. The average Bonchev–Trinajstić information content (AvgIpc) is 2.73. The number of carbonyl (C=O) groups excluding carboxylic acids is 1. The van der Waals surface area contributed by atoms with Crippen LogP contribution in [0.25, 0.3) is 0 Å². The van der Waals surface area contributed by atoms with Gasteiger partial charge in [-0.3, -0.25) is 10.2 Å². The van der Waals surface area contributed by atoms with Crippen molar-refractivity contribution in [2.45, 2.75) is 12.2 Å². The number of rotatable bonds is 3. The second-order valence-electron chi connectivity index (χ2n) is 4.73. The van der Waals surface area contributed by atoms with Gasteiger partial charge in [0.15, 0.2) is 9.84 Å². The minimum absolute atomic E-state index is 0.0376. The quantitative estimate of drug-likeness (QED) is 0.678. The van der Waals surface area contributed by atoms with Crippen LogP contribution in [0.1, 0.15) is 5.56 Å². The third kappa shape index (κ3) is 4.47. The average molecular weight is 328 g/mol. The molecule has 1 aliphatic rings. The molecule has 0 radical (unpaired) electrons. The number of hydrogen-bond donors (Lipinski definition) is 1. The van der Waals surface area contributed by atoms with Crippen molar-refractivity contribution in [3.8, 4) is 0 Å². The van der Waals surface area contributed by atoms with Crippen LogP contribution in [0.3, 0.4) is 0 Å². The first-order chi connectivity index (χ1) is 9.89. The van der Waals surface area contributed by atoms with Crippen molar-refractivity contribution in [3.05, 3.63) is 29.8 Å². The first-order valence-electron chi connectivity index (χ1n) is 6.24. The van der Waals surface area contributed by atoms with Gasteiger partial charge in [-0.1, -0.05) is 22.9 Å². The molecular weight excluding hydrogens is 312 g/mol. The van der Waals surface area contributed by atoms with E-state index in [-0.39, 0.29) is 16.8 Å². The number of benzene rings is 1. The zero-order valence-electron chi connectivity index (χ0n) is 11.7. The third-order valence-electron chi connectivity index (χ3n) is 2.97. The van der Waals surface area contributed by atoms with Crippen LogP contribution >= 0.6 is 11.8 Å². The Morgan fingerprint density at radius 3 is 2.67 bits per heavy atom. The fourth-order valence-corrected chi connectivity index (χ4v) is 5.02. The van der Waals surface area contributed by atoms with E-state index < -0.39 is 15.9 Å². The van der Waals surface area contributed by atoms with Crippen LogP contribution in [-0.4, -0.2) is 43.2 Å². The van der Waals surface area contributed by atoms with Crippen molar-refractivity contribution in [2.24, 2.45) is 5.16 Å². The molecule has 6 nitrogen and oxygen atoms in total. The van der Waals surface area contributed by atoms with E-state index in [1.165, 1.54) is 11.8 Å². The predicted octanol–water partition coefficient (Wildman–Crippen LogP) is 2.06. The molecule has 1 atom stereocenters. The van der Waals surface area contributed by atoms with Crippen LogP contribution in [-0.2, 0) is 14.7 Å². The molecule has 114 valence electrons. The van der Waals surface area contributed by atoms with Gasteiger partial charge in [-0.05, 0) is 25.3 Å². The molecule has 1 amide bonds. The van der Waals surface area contributed by atoms with Crippen molar-refractivity contribution >= 4 is 39.1 Å². The van der Waals surface area contributed by atoms with Crippen molar-refractivity contribution in [1.82, 2.24) is 0 Å². The van der Waals surface area contributed by atoms with Crippen LogP contribution < -0.4 is 5.32 Å². The number of sulfone groups is 1. The summed E-state index contributed by atoms with van der Waals surface area (Å²) in [5.41, 5.74) is 2.04. The number of thioether (sulfide) groups is 1. The Labute approximate surface area is 127 Å². The lowest BCUT2D eigenvalue weighted by molar-refractivity contribution is 0.166. The topological polar surface area (TPSA) is 84.8 Å². The fraction of sp³-hybridized carbons (Fsp3) is 0.385. The molecule has 0 spiro atoms. The van der Waals surface area contributed by atoms with Crippen molar-refractivity contribution in [3.63, 3.8) is 0 Å². The summed E-state index contributed by atoms with van der Waals surface area (Å²) in [6, 6.07) is 7.20. The van der Waals surface area contributed by atoms with Gasteiger partial charge in [-0.15, -0.1) is 0 Å². The van der Waals surface area contributed by atoms with Gasteiger partial charge in [-0.2, -0.15) is 11.8 Å². The summed E-state index contributed by atoms with van der Waals surface area (Å²) in [5.74, 6) is -0.119.